The number of hydrogen-bond acceptors (Lipinski definition) is 3. The average Bonchev–Trinajstić information content (AvgIpc) is 3.11. The quantitative estimate of drug-likeness (QED) is 0.460. The molecule has 4 aromatic rings. The van der Waals surface area contributed by atoms with Gasteiger partial charge in [0.2, 0.25) is 5.91 Å². The lowest BCUT2D eigenvalue weighted by Crippen LogP contribution is -2.32. The summed E-state index contributed by atoms with van der Waals surface area (Å²) < 4.78 is 13.1. The molecule has 2 aromatic carbocycles. The van der Waals surface area contributed by atoms with E-state index < -0.39 is 6.04 Å². The second-order valence-corrected chi connectivity index (χ2v) is 7.24. The summed E-state index contributed by atoms with van der Waals surface area (Å²) >= 11 is 0. The van der Waals surface area contributed by atoms with Crippen LogP contribution in [0.2, 0.25) is 0 Å². The van der Waals surface area contributed by atoms with Crippen LogP contribution in [0.25, 0.3) is 10.9 Å². The van der Waals surface area contributed by atoms with Gasteiger partial charge in [-0.05, 0) is 36.2 Å². The molecule has 1 atom stereocenters. The summed E-state index contributed by atoms with van der Waals surface area (Å²) in [4.78, 5) is 35.0. The minimum absolute atomic E-state index is 0.104. The van der Waals surface area contributed by atoms with Gasteiger partial charge in [-0.1, -0.05) is 30.3 Å². The summed E-state index contributed by atoms with van der Waals surface area (Å²) in [5.41, 5.74) is 2.94. The molecule has 0 spiro atoms. The van der Waals surface area contributed by atoms with Gasteiger partial charge in [0.25, 0.3) is 5.56 Å². The number of nitrogens with one attached hydrogen (secondary N) is 3. The number of nitrogens with zero attached hydrogens (tertiary/aromatic N) is 1. The fraction of sp³-hybridized carbons (Fsp3) is 0.174. The normalized spacial score (nSPS) is 12.1. The van der Waals surface area contributed by atoms with Crippen molar-refractivity contribution >= 4 is 16.8 Å². The maximum absolute atomic E-state index is 13.1. The van der Waals surface area contributed by atoms with E-state index in [-0.39, 0.29) is 23.7 Å². The lowest BCUT2D eigenvalue weighted by Gasteiger charge is -2.18. The maximum Gasteiger partial charge on any atom is 0.251 e. The molecule has 0 radical (unpaired) electrons. The van der Waals surface area contributed by atoms with Crippen LogP contribution in [0.4, 0.5) is 4.39 Å². The zero-order chi connectivity index (χ0) is 21.1. The van der Waals surface area contributed by atoms with Gasteiger partial charge in [0.1, 0.15) is 11.6 Å². The largest absolute Gasteiger partial charge is 0.361 e. The molecule has 2 heterocycles. The molecule has 7 heteroatoms. The average molecular weight is 404 g/mol. The molecule has 6 nitrogen and oxygen atoms in total. The van der Waals surface area contributed by atoms with E-state index in [1.54, 1.807) is 19.1 Å². The number of aromatic amines is 2. The Balaban J connectivity index is 1.62. The Bertz CT molecular complexity index is 1240. The topological polar surface area (TPSA) is 90.6 Å². The molecule has 0 aliphatic heterocycles. The van der Waals surface area contributed by atoms with Gasteiger partial charge in [-0.15, -0.1) is 0 Å². The van der Waals surface area contributed by atoms with Crippen molar-refractivity contribution in [3.8, 4) is 0 Å². The predicted molar refractivity (Wildman–Crippen MR) is 113 cm³/mol. The van der Waals surface area contributed by atoms with Crippen LogP contribution in [0.5, 0.6) is 0 Å². The van der Waals surface area contributed by atoms with E-state index >= 15 is 0 Å². The van der Waals surface area contributed by atoms with Crippen molar-refractivity contribution in [2.45, 2.75) is 25.8 Å². The van der Waals surface area contributed by atoms with Crippen LogP contribution in [0, 0.1) is 12.7 Å². The number of aromatic nitrogens is 3. The summed E-state index contributed by atoms with van der Waals surface area (Å²) in [6.45, 7) is 1.70. The third kappa shape index (κ3) is 4.46. The van der Waals surface area contributed by atoms with Gasteiger partial charge in [0.15, 0.2) is 0 Å². The van der Waals surface area contributed by atoms with E-state index in [9.17, 15) is 14.0 Å². The SMILES string of the molecule is Cc1nc([C@@H](Cc2c[nH]c3ccccc23)NC(=O)Cc2ccc(F)cc2)cc(=O)[nH]1. The number of fused-ring (bicyclic) bond motifs is 1. The van der Waals surface area contributed by atoms with E-state index in [1.807, 2.05) is 30.5 Å². The number of aryl methyl sites for hydroxylation is 1. The van der Waals surface area contributed by atoms with Crippen molar-refractivity contribution in [1.29, 1.82) is 0 Å². The minimum atomic E-state index is -0.488. The van der Waals surface area contributed by atoms with E-state index in [1.165, 1.54) is 18.2 Å². The Morgan fingerprint density at radius 2 is 1.93 bits per heavy atom. The van der Waals surface area contributed by atoms with Crippen LogP contribution in [0.1, 0.15) is 28.7 Å². The number of rotatable bonds is 6. The van der Waals surface area contributed by atoms with Gasteiger partial charge in [-0.3, -0.25) is 9.59 Å². The van der Waals surface area contributed by atoms with Crippen LogP contribution in [-0.4, -0.2) is 20.9 Å². The van der Waals surface area contributed by atoms with Crippen LogP contribution in [0.3, 0.4) is 0 Å². The molecule has 1 amide bonds. The molecule has 0 aliphatic rings. The van der Waals surface area contributed by atoms with E-state index in [2.05, 4.69) is 20.3 Å². The Morgan fingerprint density at radius 1 is 1.17 bits per heavy atom. The first-order chi connectivity index (χ1) is 14.5. The zero-order valence-electron chi connectivity index (χ0n) is 16.4. The first-order valence-electron chi connectivity index (χ1n) is 9.64. The molecule has 30 heavy (non-hydrogen) atoms. The Kier molecular flexibility index (Phi) is 5.43. The van der Waals surface area contributed by atoms with Crippen molar-refractivity contribution in [1.82, 2.24) is 20.3 Å². The highest BCUT2D eigenvalue weighted by atomic mass is 19.1. The molecule has 0 aliphatic carbocycles. The minimum Gasteiger partial charge on any atom is -0.361 e. The summed E-state index contributed by atoms with van der Waals surface area (Å²) in [6, 6.07) is 14.6. The highest BCUT2D eigenvalue weighted by molar-refractivity contribution is 5.83. The van der Waals surface area contributed by atoms with Crippen LogP contribution >= 0.6 is 0 Å². The highest BCUT2D eigenvalue weighted by Gasteiger charge is 2.20. The summed E-state index contributed by atoms with van der Waals surface area (Å²) in [7, 11) is 0. The highest BCUT2D eigenvalue weighted by Crippen LogP contribution is 2.23. The molecular formula is C23H21FN4O2. The molecule has 0 fully saturated rings. The molecule has 2 aromatic heterocycles. The molecule has 0 saturated heterocycles. The number of hydrogen-bond donors (Lipinski definition) is 3. The van der Waals surface area contributed by atoms with Crippen molar-refractivity contribution < 1.29 is 9.18 Å². The van der Waals surface area contributed by atoms with Crippen LogP contribution in [-0.2, 0) is 17.6 Å². The Morgan fingerprint density at radius 3 is 2.70 bits per heavy atom. The fourth-order valence-corrected chi connectivity index (χ4v) is 3.56. The molecule has 0 bridgehead atoms. The van der Waals surface area contributed by atoms with Gasteiger partial charge in [-0.2, -0.15) is 0 Å². The third-order valence-electron chi connectivity index (χ3n) is 4.95. The standard InChI is InChI=1S/C23H21FN4O2/c1-14-26-21(12-23(30)27-14)20(11-16-13-25-19-5-3-2-4-18(16)19)28-22(29)10-15-6-8-17(24)9-7-15/h2-9,12-13,20,25H,10-11H2,1H3,(H,28,29)(H,26,27,30)/t20-/m1/s1. The van der Waals surface area contributed by atoms with Gasteiger partial charge in [-0.25, -0.2) is 9.37 Å². The molecule has 152 valence electrons. The third-order valence-corrected chi connectivity index (χ3v) is 4.95. The van der Waals surface area contributed by atoms with Crippen LogP contribution < -0.4 is 10.9 Å². The number of halogens is 1. The van der Waals surface area contributed by atoms with E-state index in [0.717, 1.165) is 16.5 Å². The lowest BCUT2D eigenvalue weighted by atomic mass is 10.0. The number of H-pyrrole nitrogens is 2. The molecule has 0 unspecified atom stereocenters. The van der Waals surface area contributed by atoms with Gasteiger partial charge in [0.05, 0.1) is 18.2 Å². The van der Waals surface area contributed by atoms with E-state index in [4.69, 9.17) is 0 Å². The van der Waals surface area contributed by atoms with Crippen molar-refractivity contribution in [2.24, 2.45) is 0 Å². The second-order valence-electron chi connectivity index (χ2n) is 7.24. The Hall–Kier alpha value is -3.74. The zero-order valence-corrected chi connectivity index (χ0v) is 16.4. The fourth-order valence-electron chi connectivity index (χ4n) is 3.56. The lowest BCUT2D eigenvalue weighted by molar-refractivity contribution is -0.121. The second kappa shape index (κ2) is 8.32. The Labute approximate surface area is 172 Å². The van der Waals surface area contributed by atoms with E-state index in [0.29, 0.717) is 23.5 Å². The van der Waals surface area contributed by atoms with Gasteiger partial charge < -0.3 is 15.3 Å². The first-order valence-corrected chi connectivity index (χ1v) is 9.64. The smallest absolute Gasteiger partial charge is 0.251 e. The molecule has 3 N–H and O–H groups in total. The predicted octanol–water partition coefficient (Wildman–Crippen LogP) is 3.34. The summed E-state index contributed by atoms with van der Waals surface area (Å²) in [5.74, 6) is -0.0973. The van der Waals surface area contributed by atoms with Crippen molar-refractivity contribution in [2.75, 3.05) is 0 Å². The number of para-hydroxylation sites is 1. The number of benzene rings is 2. The number of amides is 1. The number of carbonyl (C=O) groups is 1. The molecule has 0 saturated carbocycles. The summed E-state index contributed by atoms with van der Waals surface area (Å²) in [6.07, 6.45) is 2.48. The molecular weight excluding hydrogens is 383 g/mol. The van der Waals surface area contributed by atoms with Gasteiger partial charge >= 0.3 is 0 Å². The summed E-state index contributed by atoms with van der Waals surface area (Å²) in [5, 5.41) is 4.04. The van der Waals surface area contributed by atoms with Crippen molar-refractivity contribution in [3.05, 3.63) is 99.6 Å². The molecule has 4 rings (SSSR count). The van der Waals surface area contributed by atoms with Crippen molar-refractivity contribution in [3.63, 3.8) is 0 Å². The number of carbonyl (C=O) groups excluding carboxylic acids is 1. The monoisotopic (exact) mass is 404 g/mol. The maximum atomic E-state index is 13.1. The first kappa shape index (κ1) is 19.6. The van der Waals surface area contributed by atoms with Crippen LogP contribution in [0.15, 0.2) is 65.6 Å². The van der Waals surface area contributed by atoms with Gasteiger partial charge in [0, 0.05) is 29.6 Å².